The first-order valence-electron chi connectivity index (χ1n) is 7.22. The topological polar surface area (TPSA) is 67.4 Å². The van der Waals surface area contributed by atoms with E-state index in [2.05, 4.69) is 20.2 Å². The number of aromatic nitrogens is 2. The molecular formula is C14H20N4O2. The Bertz CT molecular complexity index is 470. The number of morpholine rings is 1. The second-order valence-electron chi connectivity index (χ2n) is 5.35. The first kappa shape index (κ1) is 13.3. The van der Waals surface area contributed by atoms with Gasteiger partial charge in [0.25, 0.3) is 0 Å². The van der Waals surface area contributed by atoms with Gasteiger partial charge in [0.05, 0.1) is 19.8 Å². The average Bonchev–Trinajstić information content (AvgIpc) is 3.30. The summed E-state index contributed by atoms with van der Waals surface area (Å²) < 4.78 is 5.33. The van der Waals surface area contributed by atoms with Crippen LogP contribution in [0.2, 0.25) is 0 Å². The fourth-order valence-corrected chi connectivity index (χ4v) is 2.28. The van der Waals surface area contributed by atoms with Crippen LogP contribution in [-0.4, -0.2) is 42.2 Å². The minimum atomic E-state index is 0.105. The van der Waals surface area contributed by atoms with E-state index in [-0.39, 0.29) is 5.91 Å². The summed E-state index contributed by atoms with van der Waals surface area (Å²) in [6.45, 7) is 3.58. The Kier molecular flexibility index (Phi) is 4.11. The standard InChI is InChI=1S/C14H20N4O2/c19-14(9-11-1-2-11)16-10-12-15-4-3-13(17-12)18-5-7-20-8-6-18/h3-4,11H,1-2,5-10H2,(H,16,19). The lowest BCUT2D eigenvalue weighted by Gasteiger charge is -2.27. The van der Waals surface area contributed by atoms with Gasteiger partial charge in [0.1, 0.15) is 11.6 Å². The number of hydrogen-bond acceptors (Lipinski definition) is 5. The number of amides is 1. The summed E-state index contributed by atoms with van der Waals surface area (Å²) in [7, 11) is 0. The van der Waals surface area contributed by atoms with Crippen molar-refractivity contribution in [3.63, 3.8) is 0 Å². The Hall–Kier alpha value is -1.69. The highest BCUT2D eigenvalue weighted by atomic mass is 16.5. The second kappa shape index (κ2) is 6.17. The van der Waals surface area contributed by atoms with Gasteiger partial charge < -0.3 is 15.0 Å². The molecule has 20 heavy (non-hydrogen) atoms. The van der Waals surface area contributed by atoms with Crippen molar-refractivity contribution in [2.75, 3.05) is 31.2 Å². The van der Waals surface area contributed by atoms with E-state index < -0.39 is 0 Å². The molecule has 0 radical (unpaired) electrons. The monoisotopic (exact) mass is 276 g/mol. The van der Waals surface area contributed by atoms with Gasteiger partial charge >= 0.3 is 0 Å². The van der Waals surface area contributed by atoms with Crippen molar-refractivity contribution in [1.82, 2.24) is 15.3 Å². The van der Waals surface area contributed by atoms with Gasteiger partial charge in [-0.3, -0.25) is 4.79 Å². The molecule has 1 aromatic rings. The molecule has 1 saturated heterocycles. The van der Waals surface area contributed by atoms with Gasteiger partial charge in [0.2, 0.25) is 5.91 Å². The van der Waals surface area contributed by atoms with Crippen LogP contribution < -0.4 is 10.2 Å². The molecule has 0 unspecified atom stereocenters. The molecule has 1 amide bonds. The highest BCUT2D eigenvalue weighted by Crippen LogP contribution is 2.32. The molecule has 2 heterocycles. The molecular weight excluding hydrogens is 256 g/mol. The average molecular weight is 276 g/mol. The van der Waals surface area contributed by atoms with Crippen molar-refractivity contribution in [2.45, 2.75) is 25.8 Å². The number of carbonyl (C=O) groups is 1. The van der Waals surface area contributed by atoms with Crippen LogP contribution in [0.5, 0.6) is 0 Å². The fraction of sp³-hybridized carbons (Fsp3) is 0.643. The number of hydrogen-bond donors (Lipinski definition) is 1. The fourth-order valence-electron chi connectivity index (χ4n) is 2.28. The molecule has 108 valence electrons. The minimum Gasteiger partial charge on any atom is -0.378 e. The van der Waals surface area contributed by atoms with E-state index in [1.165, 1.54) is 12.8 Å². The zero-order valence-corrected chi connectivity index (χ0v) is 11.5. The Balaban J connectivity index is 1.54. The van der Waals surface area contributed by atoms with E-state index >= 15 is 0 Å². The maximum Gasteiger partial charge on any atom is 0.220 e. The smallest absolute Gasteiger partial charge is 0.220 e. The summed E-state index contributed by atoms with van der Waals surface area (Å²) >= 11 is 0. The predicted molar refractivity (Wildman–Crippen MR) is 74.3 cm³/mol. The number of ether oxygens (including phenoxy) is 1. The predicted octanol–water partition coefficient (Wildman–Crippen LogP) is 0.729. The number of nitrogens with zero attached hydrogens (tertiary/aromatic N) is 3. The normalized spacial score (nSPS) is 18.9. The maximum atomic E-state index is 11.7. The zero-order chi connectivity index (χ0) is 13.8. The van der Waals surface area contributed by atoms with Crippen LogP contribution in [-0.2, 0) is 16.1 Å². The summed E-state index contributed by atoms with van der Waals surface area (Å²) in [4.78, 5) is 22.6. The highest BCUT2D eigenvalue weighted by molar-refractivity contribution is 5.76. The van der Waals surface area contributed by atoms with Gasteiger partial charge in [0.15, 0.2) is 0 Å². The molecule has 1 saturated carbocycles. The van der Waals surface area contributed by atoms with E-state index in [4.69, 9.17) is 4.74 Å². The molecule has 0 spiro atoms. The summed E-state index contributed by atoms with van der Waals surface area (Å²) in [5.41, 5.74) is 0. The maximum absolute atomic E-state index is 11.7. The molecule has 1 aliphatic carbocycles. The lowest BCUT2D eigenvalue weighted by molar-refractivity contribution is -0.121. The SMILES string of the molecule is O=C(CC1CC1)NCc1nccc(N2CCOCC2)n1. The lowest BCUT2D eigenvalue weighted by Crippen LogP contribution is -2.37. The number of anilines is 1. The van der Waals surface area contributed by atoms with E-state index in [1.807, 2.05) is 6.07 Å². The summed E-state index contributed by atoms with van der Waals surface area (Å²) in [6.07, 6.45) is 4.77. The molecule has 1 aromatic heterocycles. The first-order chi connectivity index (χ1) is 9.81. The molecule has 6 nitrogen and oxygen atoms in total. The van der Waals surface area contributed by atoms with Crippen LogP contribution in [0.3, 0.4) is 0 Å². The highest BCUT2D eigenvalue weighted by Gasteiger charge is 2.24. The molecule has 3 rings (SSSR count). The van der Waals surface area contributed by atoms with E-state index in [0.717, 1.165) is 32.1 Å². The van der Waals surface area contributed by atoms with Crippen molar-refractivity contribution >= 4 is 11.7 Å². The van der Waals surface area contributed by atoms with Crippen molar-refractivity contribution in [3.05, 3.63) is 18.1 Å². The Labute approximate surface area is 118 Å². The van der Waals surface area contributed by atoms with Gasteiger partial charge in [-0.05, 0) is 24.8 Å². The van der Waals surface area contributed by atoms with Crippen LogP contribution >= 0.6 is 0 Å². The summed E-state index contributed by atoms with van der Waals surface area (Å²) in [5, 5.41) is 2.89. The third kappa shape index (κ3) is 3.66. The molecule has 0 atom stereocenters. The minimum absolute atomic E-state index is 0.105. The molecule has 2 fully saturated rings. The Morgan fingerprint density at radius 1 is 1.40 bits per heavy atom. The van der Waals surface area contributed by atoms with E-state index in [9.17, 15) is 4.79 Å². The lowest BCUT2D eigenvalue weighted by atomic mass is 10.3. The molecule has 0 aromatic carbocycles. The molecule has 0 bridgehead atoms. The van der Waals surface area contributed by atoms with Crippen molar-refractivity contribution in [3.8, 4) is 0 Å². The molecule has 1 N–H and O–H groups in total. The van der Waals surface area contributed by atoms with Crippen molar-refractivity contribution < 1.29 is 9.53 Å². The van der Waals surface area contributed by atoms with Crippen LogP contribution in [0, 0.1) is 5.92 Å². The van der Waals surface area contributed by atoms with Crippen molar-refractivity contribution in [2.24, 2.45) is 5.92 Å². The van der Waals surface area contributed by atoms with Gasteiger partial charge in [-0.2, -0.15) is 0 Å². The Morgan fingerprint density at radius 2 is 2.20 bits per heavy atom. The quantitative estimate of drug-likeness (QED) is 0.858. The van der Waals surface area contributed by atoms with Crippen molar-refractivity contribution in [1.29, 1.82) is 0 Å². The molecule has 1 aliphatic heterocycles. The summed E-state index contributed by atoms with van der Waals surface area (Å²) in [6, 6.07) is 1.90. The first-order valence-corrected chi connectivity index (χ1v) is 7.22. The van der Waals surface area contributed by atoms with Crippen LogP contribution in [0.15, 0.2) is 12.3 Å². The van der Waals surface area contributed by atoms with Gasteiger partial charge in [-0.15, -0.1) is 0 Å². The zero-order valence-electron chi connectivity index (χ0n) is 11.5. The second-order valence-corrected chi connectivity index (χ2v) is 5.35. The summed E-state index contributed by atoms with van der Waals surface area (Å²) in [5.74, 6) is 2.29. The molecule has 2 aliphatic rings. The van der Waals surface area contributed by atoms with Crippen LogP contribution in [0.25, 0.3) is 0 Å². The van der Waals surface area contributed by atoms with Gasteiger partial charge in [0, 0.05) is 25.7 Å². The number of nitrogens with one attached hydrogen (secondary N) is 1. The molecule has 6 heteroatoms. The third-order valence-corrected chi connectivity index (χ3v) is 3.64. The van der Waals surface area contributed by atoms with Gasteiger partial charge in [-0.25, -0.2) is 9.97 Å². The van der Waals surface area contributed by atoms with E-state index in [0.29, 0.717) is 24.7 Å². The third-order valence-electron chi connectivity index (χ3n) is 3.64. The van der Waals surface area contributed by atoms with Crippen LogP contribution in [0.4, 0.5) is 5.82 Å². The van der Waals surface area contributed by atoms with E-state index in [1.54, 1.807) is 6.20 Å². The van der Waals surface area contributed by atoms with Gasteiger partial charge in [-0.1, -0.05) is 0 Å². The number of rotatable bonds is 5. The largest absolute Gasteiger partial charge is 0.378 e. The number of carbonyl (C=O) groups excluding carboxylic acids is 1. The van der Waals surface area contributed by atoms with Crippen LogP contribution in [0.1, 0.15) is 25.1 Å². The Morgan fingerprint density at radius 3 is 2.95 bits per heavy atom.